The summed E-state index contributed by atoms with van der Waals surface area (Å²) in [6.45, 7) is 3.06. The number of methoxy groups -OCH3 is 1. The molecule has 0 aliphatic carbocycles. The molecule has 0 radical (unpaired) electrons. The van der Waals surface area contributed by atoms with Gasteiger partial charge >= 0.3 is 6.09 Å². The van der Waals surface area contributed by atoms with Crippen molar-refractivity contribution >= 4 is 11.9 Å². The van der Waals surface area contributed by atoms with Crippen molar-refractivity contribution in [2.75, 3.05) is 7.11 Å². The first-order chi connectivity index (χ1) is 4.00. The first-order valence-corrected chi connectivity index (χ1v) is 2.31. The molecule has 54 valence electrons. The van der Waals surface area contributed by atoms with Crippen molar-refractivity contribution < 1.29 is 14.3 Å². The largest absolute Gasteiger partial charge is 0.453 e. The van der Waals surface area contributed by atoms with E-state index in [1.54, 1.807) is 0 Å². The lowest BCUT2D eigenvalue weighted by Gasteiger charge is -1.81. The molecule has 9 heavy (non-hydrogen) atoms. The molecule has 1 amide bonds. The second-order valence-electron chi connectivity index (χ2n) is 1.43. The van der Waals surface area contributed by atoms with Crippen LogP contribution in [0, 0.1) is 0 Å². The summed E-state index contributed by atoms with van der Waals surface area (Å²) in [6, 6.07) is 0. The van der Waals surface area contributed by atoms with Crippen LogP contribution < -0.4 is 5.73 Å². The van der Waals surface area contributed by atoms with Crippen LogP contribution in [0.3, 0.4) is 0 Å². The zero-order valence-corrected chi connectivity index (χ0v) is 5.80. The molecule has 0 aliphatic rings. The van der Waals surface area contributed by atoms with E-state index in [4.69, 9.17) is 0 Å². The lowest BCUT2D eigenvalue weighted by atomic mass is 10.6. The van der Waals surface area contributed by atoms with Crippen LogP contribution in [-0.4, -0.2) is 19.0 Å². The van der Waals surface area contributed by atoms with E-state index < -0.39 is 6.09 Å². The topological polar surface area (TPSA) is 69.4 Å². The van der Waals surface area contributed by atoms with Gasteiger partial charge in [-0.05, 0) is 13.8 Å². The standard InChI is InChI=1S/C3H6O.C2H5NO2/c1-3(2)4;1-5-2(3)4/h1-2H3;1H3,(H2,3,4). The molecule has 0 aliphatic heterocycles. The maximum Gasteiger partial charge on any atom is 0.404 e. The highest BCUT2D eigenvalue weighted by atomic mass is 16.5. The third-order valence-electron chi connectivity index (χ3n) is 0.201. The number of nitrogens with two attached hydrogens (primary N) is 1. The fraction of sp³-hybridized carbons (Fsp3) is 0.600. The van der Waals surface area contributed by atoms with Crippen molar-refractivity contribution in [3.8, 4) is 0 Å². The summed E-state index contributed by atoms with van der Waals surface area (Å²) in [5.41, 5.74) is 4.43. The molecule has 0 aromatic carbocycles. The normalized spacial score (nSPS) is 6.56. The highest BCUT2D eigenvalue weighted by Gasteiger charge is 1.76. The quantitative estimate of drug-likeness (QED) is 0.517. The number of hydrogen-bond acceptors (Lipinski definition) is 3. The number of amides is 1. The second-order valence-corrected chi connectivity index (χ2v) is 1.43. The van der Waals surface area contributed by atoms with E-state index in [1.807, 2.05) is 0 Å². The van der Waals surface area contributed by atoms with Crippen molar-refractivity contribution in [3.63, 3.8) is 0 Å². The summed E-state index contributed by atoms with van der Waals surface area (Å²) in [4.78, 5) is 18.8. The number of Topliss-reactive ketones (excluding diaryl/α,β-unsaturated/α-hetero) is 1. The van der Waals surface area contributed by atoms with Crippen LogP contribution in [0.15, 0.2) is 0 Å². The first-order valence-electron chi connectivity index (χ1n) is 2.31. The predicted octanol–water partition coefficient (Wildman–Crippen LogP) is 0.307. The summed E-state index contributed by atoms with van der Waals surface area (Å²) in [7, 11) is 1.22. The van der Waals surface area contributed by atoms with Crippen molar-refractivity contribution in [1.29, 1.82) is 0 Å². The Morgan fingerprint density at radius 3 is 1.44 bits per heavy atom. The smallest absolute Gasteiger partial charge is 0.404 e. The van der Waals surface area contributed by atoms with Gasteiger partial charge in [0.15, 0.2) is 0 Å². The van der Waals surface area contributed by atoms with Crippen LogP contribution in [0.1, 0.15) is 13.8 Å². The molecule has 0 saturated heterocycles. The van der Waals surface area contributed by atoms with Gasteiger partial charge in [0.25, 0.3) is 0 Å². The Hall–Kier alpha value is -1.06. The molecule has 0 bridgehead atoms. The highest BCUT2D eigenvalue weighted by molar-refractivity contribution is 5.72. The molecule has 0 unspecified atom stereocenters. The van der Waals surface area contributed by atoms with E-state index in [2.05, 4.69) is 10.5 Å². The number of rotatable bonds is 0. The monoisotopic (exact) mass is 133 g/mol. The molecule has 0 spiro atoms. The fourth-order valence-corrected chi connectivity index (χ4v) is 0. The van der Waals surface area contributed by atoms with E-state index in [0.717, 1.165) is 0 Å². The lowest BCUT2D eigenvalue weighted by molar-refractivity contribution is -0.114. The molecule has 0 aromatic rings. The van der Waals surface area contributed by atoms with Crippen LogP contribution in [-0.2, 0) is 9.53 Å². The minimum absolute atomic E-state index is 0.167. The summed E-state index contributed by atoms with van der Waals surface area (Å²) < 4.78 is 3.89. The van der Waals surface area contributed by atoms with E-state index in [0.29, 0.717) is 0 Å². The Morgan fingerprint density at radius 1 is 1.33 bits per heavy atom. The average molecular weight is 133 g/mol. The van der Waals surface area contributed by atoms with E-state index >= 15 is 0 Å². The van der Waals surface area contributed by atoms with Crippen LogP contribution in [0.5, 0.6) is 0 Å². The van der Waals surface area contributed by atoms with Gasteiger partial charge in [0.2, 0.25) is 0 Å². The minimum Gasteiger partial charge on any atom is -0.453 e. The Kier molecular flexibility index (Phi) is 8.36. The number of primary amides is 1. The van der Waals surface area contributed by atoms with Crippen molar-refractivity contribution in [2.24, 2.45) is 5.73 Å². The molecular formula is C5H11NO3. The SMILES string of the molecule is CC(C)=O.COC(N)=O. The maximum absolute atomic E-state index is 9.44. The highest BCUT2D eigenvalue weighted by Crippen LogP contribution is 1.55. The zero-order valence-electron chi connectivity index (χ0n) is 5.80. The van der Waals surface area contributed by atoms with Gasteiger partial charge in [0.05, 0.1) is 7.11 Å². The van der Waals surface area contributed by atoms with Crippen molar-refractivity contribution in [1.82, 2.24) is 0 Å². The van der Waals surface area contributed by atoms with Gasteiger partial charge in [-0.15, -0.1) is 0 Å². The number of carbonyl (C=O) groups excluding carboxylic acids is 2. The van der Waals surface area contributed by atoms with Crippen molar-refractivity contribution in [3.05, 3.63) is 0 Å². The molecule has 4 heteroatoms. The predicted molar refractivity (Wildman–Crippen MR) is 32.9 cm³/mol. The van der Waals surface area contributed by atoms with Gasteiger partial charge < -0.3 is 15.3 Å². The summed E-state index contributed by atoms with van der Waals surface area (Å²) >= 11 is 0. The first kappa shape index (κ1) is 10.8. The van der Waals surface area contributed by atoms with Gasteiger partial charge in [-0.1, -0.05) is 0 Å². The van der Waals surface area contributed by atoms with E-state index in [-0.39, 0.29) is 5.78 Å². The number of hydrogen-bond donors (Lipinski definition) is 1. The van der Waals surface area contributed by atoms with Gasteiger partial charge in [-0.2, -0.15) is 0 Å². The Morgan fingerprint density at radius 2 is 1.44 bits per heavy atom. The number of ether oxygens (including phenoxy) is 1. The van der Waals surface area contributed by atoms with E-state index in [1.165, 1.54) is 21.0 Å². The molecule has 0 fully saturated rings. The van der Waals surface area contributed by atoms with Gasteiger partial charge in [0, 0.05) is 0 Å². The van der Waals surface area contributed by atoms with Crippen LogP contribution in [0.4, 0.5) is 4.79 Å². The molecule has 0 aromatic heterocycles. The molecular weight excluding hydrogens is 122 g/mol. The Bertz CT molecular complexity index is 96.4. The van der Waals surface area contributed by atoms with Gasteiger partial charge in [-0.3, -0.25) is 0 Å². The van der Waals surface area contributed by atoms with Gasteiger partial charge in [-0.25, -0.2) is 4.79 Å². The third kappa shape index (κ3) is 192. The minimum atomic E-state index is -0.745. The summed E-state index contributed by atoms with van der Waals surface area (Å²) in [5.74, 6) is 0.167. The van der Waals surface area contributed by atoms with Crippen LogP contribution >= 0.6 is 0 Å². The number of carbonyl (C=O) groups is 2. The Balaban J connectivity index is 0. The lowest BCUT2D eigenvalue weighted by Crippen LogP contribution is -2.08. The van der Waals surface area contributed by atoms with Crippen LogP contribution in [0.25, 0.3) is 0 Å². The Labute approximate surface area is 54.0 Å². The molecule has 2 N–H and O–H groups in total. The molecule has 4 nitrogen and oxygen atoms in total. The number of ketones is 1. The molecule has 0 saturated carbocycles. The molecule has 0 heterocycles. The average Bonchev–Trinajstić information content (AvgIpc) is 1.65. The summed E-state index contributed by atoms with van der Waals surface area (Å²) in [6.07, 6.45) is -0.745. The zero-order chi connectivity index (χ0) is 7.86. The third-order valence-corrected chi connectivity index (χ3v) is 0.201. The molecule has 0 atom stereocenters. The van der Waals surface area contributed by atoms with Gasteiger partial charge in [0.1, 0.15) is 5.78 Å². The maximum atomic E-state index is 9.44. The van der Waals surface area contributed by atoms with Crippen molar-refractivity contribution in [2.45, 2.75) is 13.8 Å². The molecule has 0 rings (SSSR count). The summed E-state index contributed by atoms with van der Waals surface area (Å²) in [5, 5.41) is 0. The fourth-order valence-electron chi connectivity index (χ4n) is 0. The van der Waals surface area contributed by atoms with E-state index in [9.17, 15) is 9.59 Å². The second kappa shape index (κ2) is 6.94. The van der Waals surface area contributed by atoms with Crippen LogP contribution in [0.2, 0.25) is 0 Å².